The minimum absolute atomic E-state index is 0.354. The number of anilines is 1. The molecule has 168 valence electrons. The normalized spacial score (nSPS) is 15.7. The second-order valence-electron chi connectivity index (χ2n) is 8.59. The van der Waals surface area contributed by atoms with Gasteiger partial charge in [-0.1, -0.05) is 54.1 Å². The Hall–Kier alpha value is -2.47. The van der Waals surface area contributed by atoms with Gasteiger partial charge in [0.1, 0.15) is 11.6 Å². The van der Waals surface area contributed by atoms with Gasteiger partial charge in [0, 0.05) is 55.4 Å². The van der Waals surface area contributed by atoms with E-state index in [9.17, 15) is 5.11 Å². The number of aliphatic hydroxyl groups is 1. The second-order valence-corrected chi connectivity index (χ2v) is 9.03. The van der Waals surface area contributed by atoms with E-state index in [-0.39, 0.29) is 6.10 Å². The maximum atomic E-state index is 10.6. The molecule has 6 heteroatoms. The van der Waals surface area contributed by atoms with Crippen LogP contribution in [-0.2, 0) is 12.8 Å². The Kier molecular flexibility index (Phi) is 7.40. The highest BCUT2D eigenvalue weighted by atomic mass is 35.5. The van der Waals surface area contributed by atoms with Crippen LogP contribution in [0.25, 0.3) is 0 Å². The van der Waals surface area contributed by atoms with Gasteiger partial charge in [0.2, 0.25) is 0 Å². The van der Waals surface area contributed by atoms with Crippen LogP contribution in [0.3, 0.4) is 0 Å². The molecular formula is C26H31ClN4O. The minimum atomic E-state index is -0.354. The van der Waals surface area contributed by atoms with Gasteiger partial charge >= 0.3 is 0 Å². The Bertz CT molecular complexity index is 1020. The van der Waals surface area contributed by atoms with Crippen LogP contribution in [-0.4, -0.2) is 58.8 Å². The average molecular weight is 451 g/mol. The molecule has 0 spiro atoms. The number of aliphatic hydroxyl groups excluding tert-OH is 1. The van der Waals surface area contributed by atoms with Crippen molar-refractivity contribution >= 4 is 17.4 Å². The van der Waals surface area contributed by atoms with Crippen molar-refractivity contribution < 1.29 is 5.11 Å². The van der Waals surface area contributed by atoms with Crippen molar-refractivity contribution in [3.63, 3.8) is 0 Å². The largest absolute Gasteiger partial charge is 0.391 e. The molecular weight excluding hydrogens is 420 g/mol. The summed E-state index contributed by atoms with van der Waals surface area (Å²) in [5.41, 5.74) is 4.59. The molecule has 0 unspecified atom stereocenters. The van der Waals surface area contributed by atoms with Crippen molar-refractivity contribution in [2.24, 2.45) is 0 Å². The monoisotopic (exact) mass is 450 g/mol. The van der Waals surface area contributed by atoms with Crippen LogP contribution in [0.4, 0.5) is 5.82 Å². The molecule has 0 aliphatic carbocycles. The molecule has 1 aromatic heterocycles. The number of halogens is 1. The van der Waals surface area contributed by atoms with E-state index in [0.717, 1.165) is 55.0 Å². The Morgan fingerprint density at radius 3 is 2.28 bits per heavy atom. The van der Waals surface area contributed by atoms with Crippen LogP contribution in [0.2, 0.25) is 5.02 Å². The number of β-amino-alcohol motifs (C(OH)–C–C–N with tert-alkyl or cyclic N) is 1. The van der Waals surface area contributed by atoms with E-state index in [0.29, 0.717) is 13.0 Å². The number of piperazine rings is 1. The first kappa shape index (κ1) is 22.7. The third-order valence-corrected chi connectivity index (χ3v) is 6.30. The Morgan fingerprint density at radius 1 is 0.906 bits per heavy atom. The molecule has 0 amide bonds. The Labute approximate surface area is 195 Å². The van der Waals surface area contributed by atoms with E-state index < -0.39 is 0 Å². The van der Waals surface area contributed by atoms with Crippen molar-refractivity contribution in [3.8, 4) is 0 Å². The highest BCUT2D eigenvalue weighted by Gasteiger charge is 2.23. The van der Waals surface area contributed by atoms with E-state index in [2.05, 4.69) is 46.0 Å². The third kappa shape index (κ3) is 5.85. The fourth-order valence-corrected chi connectivity index (χ4v) is 4.51. The van der Waals surface area contributed by atoms with Crippen molar-refractivity contribution in [3.05, 3.63) is 87.8 Å². The van der Waals surface area contributed by atoms with Crippen LogP contribution in [0.15, 0.2) is 54.6 Å². The number of aryl methyl sites for hydroxylation is 2. The van der Waals surface area contributed by atoms with Gasteiger partial charge in [0.25, 0.3) is 0 Å². The van der Waals surface area contributed by atoms with E-state index in [1.54, 1.807) is 0 Å². The Morgan fingerprint density at radius 2 is 1.59 bits per heavy atom. The topological polar surface area (TPSA) is 52.5 Å². The van der Waals surface area contributed by atoms with E-state index in [1.165, 1.54) is 16.7 Å². The fraction of sp³-hybridized carbons (Fsp3) is 0.385. The van der Waals surface area contributed by atoms with Crippen molar-refractivity contribution in [1.29, 1.82) is 0 Å². The maximum absolute atomic E-state index is 10.6. The predicted molar refractivity (Wildman–Crippen MR) is 131 cm³/mol. The molecule has 3 aromatic rings. The highest BCUT2D eigenvalue weighted by Crippen LogP contribution is 2.25. The van der Waals surface area contributed by atoms with Crippen molar-refractivity contribution in [2.45, 2.75) is 32.8 Å². The summed E-state index contributed by atoms with van der Waals surface area (Å²) in [5.74, 6) is 1.84. The molecule has 4 rings (SSSR count). The molecule has 2 aromatic carbocycles. The standard InChI is InChI=1S/C26H31ClN4O/c1-19-25(17-22-8-10-23(27)11-9-22)26(29-20(2)28-19)31-14-12-30(13-15-31)18-24(32)16-21-6-4-3-5-7-21/h3-11,24,32H,12-18H2,1-2H3/t24-/m0/s1. The summed E-state index contributed by atoms with van der Waals surface area (Å²) in [7, 11) is 0. The first-order valence-corrected chi connectivity index (χ1v) is 11.6. The lowest BCUT2D eigenvalue weighted by Gasteiger charge is -2.37. The van der Waals surface area contributed by atoms with E-state index in [1.807, 2.05) is 37.3 Å². The highest BCUT2D eigenvalue weighted by molar-refractivity contribution is 6.30. The van der Waals surface area contributed by atoms with E-state index in [4.69, 9.17) is 16.6 Å². The van der Waals surface area contributed by atoms with Gasteiger partial charge in [-0.05, 0) is 43.5 Å². The van der Waals surface area contributed by atoms with Crippen LogP contribution in [0, 0.1) is 13.8 Å². The van der Waals surface area contributed by atoms with Gasteiger partial charge < -0.3 is 10.0 Å². The molecule has 1 saturated heterocycles. The molecule has 1 fully saturated rings. The summed E-state index contributed by atoms with van der Waals surface area (Å²) < 4.78 is 0. The lowest BCUT2D eigenvalue weighted by atomic mass is 10.0. The maximum Gasteiger partial charge on any atom is 0.136 e. The number of rotatable bonds is 7. The number of nitrogens with zero attached hydrogens (tertiary/aromatic N) is 4. The number of hydrogen-bond acceptors (Lipinski definition) is 5. The van der Waals surface area contributed by atoms with Crippen LogP contribution < -0.4 is 4.90 Å². The van der Waals surface area contributed by atoms with Gasteiger partial charge in [0.05, 0.1) is 6.10 Å². The lowest BCUT2D eigenvalue weighted by Crippen LogP contribution is -2.49. The molecule has 32 heavy (non-hydrogen) atoms. The molecule has 5 nitrogen and oxygen atoms in total. The number of benzene rings is 2. The fourth-order valence-electron chi connectivity index (χ4n) is 4.38. The summed E-state index contributed by atoms with van der Waals surface area (Å²) in [4.78, 5) is 14.2. The van der Waals surface area contributed by atoms with Crippen LogP contribution >= 0.6 is 11.6 Å². The molecule has 1 aliphatic heterocycles. The quantitative estimate of drug-likeness (QED) is 0.588. The molecule has 2 heterocycles. The molecule has 1 aliphatic rings. The first-order chi connectivity index (χ1) is 15.5. The van der Waals surface area contributed by atoms with Crippen LogP contribution in [0.1, 0.15) is 28.2 Å². The third-order valence-electron chi connectivity index (χ3n) is 6.05. The lowest BCUT2D eigenvalue weighted by molar-refractivity contribution is 0.109. The predicted octanol–water partition coefficient (Wildman–Crippen LogP) is 4.06. The molecule has 0 saturated carbocycles. The molecule has 1 atom stereocenters. The second kappa shape index (κ2) is 10.4. The van der Waals surface area contributed by atoms with Crippen molar-refractivity contribution in [2.75, 3.05) is 37.6 Å². The average Bonchev–Trinajstić information content (AvgIpc) is 2.78. The van der Waals surface area contributed by atoms with E-state index >= 15 is 0 Å². The van der Waals surface area contributed by atoms with Crippen LogP contribution in [0.5, 0.6) is 0 Å². The summed E-state index contributed by atoms with van der Waals surface area (Å²) in [5, 5.41) is 11.3. The minimum Gasteiger partial charge on any atom is -0.391 e. The van der Waals surface area contributed by atoms with Gasteiger partial charge in [-0.2, -0.15) is 0 Å². The smallest absolute Gasteiger partial charge is 0.136 e. The molecule has 1 N–H and O–H groups in total. The summed E-state index contributed by atoms with van der Waals surface area (Å²) in [6, 6.07) is 18.2. The van der Waals surface area contributed by atoms with Crippen molar-refractivity contribution in [1.82, 2.24) is 14.9 Å². The summed E-state index contributed by atoms with van der Waals surface area (Å²) >= 11 is 6.06. The zero-order valence-corrected chi connectivity index (χ0v) is 19.6. The molecule has 0 bridgehead atoms. The number of hydrogen-bond donors (Lipinski definition) is 1. The van der Waals surface area contributed by atoms with Gasteiger partial charge in [-0.25, -0.2) is 9.97 Å². The zero-order valence-electron chi connectivity index (χ0n) is 18.8. The van der Waals surface area contributed by atoms with Gasteiger partial charge in [-0.15, -0.1) is 0 Å². The number of aromatic nitrogens is 2. The Balaban J connectivity index is 1.41. The molecule has 0 radical (unpaired) electrons. The van der Waals surface area contributed by atoms with Gasteiger partial charge in [-0.3, -0.25) is 4.90 Å². The first-order valence-electron chi connectivity index (χ1n) is 11.3. The van der Waals surface area contributed by atoms with Gasteiger partial charge in [0.15, 0.2) is 0 Å². The SMILES string of the molecule is Cc1nc(C)c(Cc2ccc(Cl)cc2)c(N2CCN(C[C@@H](O)Cc3ccccc3)CC2)n1. The summed E-state index contributed by atoms with van der Waals surface area (Å²) in [6.45, 7) is 8.33. The summed E-state index contributed by atoms with van der Waals surface area (Å²) in [6.07, 6.45) is 1.12. The zero-order chi connectivity index (χ0) is 22.5.